The van der Waals surface area contributed by atoms with Gasteiger partial charge in [0, 0.05) is 65.0 Å². The van der Waals surface area contributed by atoms with Crippen LogP contribution in [0.25, 0.3) is 72.3 Å². The normalized spacial score (nSPS) is 13.6. The van der Waals surface area contributed by atoms with E-state index >= 15 is 0 Å². The Morgan fingerprint density at radius 2 is 0.966 bits per heavy atom. The third-order valence-electron chi connectivity index (χ3n) is 16.6. The van der Waals surface area contributed by atoms with E-state index in [4.69, 9.17) is 27.4 Å². The SMILES string of the molecule is CC(C)(C)c1ccnc(-n2c3[c-]c(Oc4[c-]c(-n5[c-][n+](-c6c(-c7cccc([Si]8(c9ccccc9)Oc9ccccc9O8)c7)cccc6-c6cccc([Si]7(c8ccccc8)Oc8ccccc8O7)c6)c6ccccc65)ccc4)ccc3c3ccccc32)c1.[Pt]. The first-order valence-corrected chi connectivity index (χ1v) is 32.8. The maximum absolute atomic E-state index is 7.09. The molecule has 0 saturated carbocycles. The molecule has 88 heavy (non-hydrogen) atoms. The van der Waals surface area contributed by atoms with Gasteiger partial charge >= 0.3 is 17.1 Å². The number of nitrogens with zero attached hydrogens (tertiary/aromatic N) is 4. The smallest absolute Gasteiger partial charge is 0.510 e. The maximum atomic E-state index is 7.09. The summed E-state index contributed by atoms with van der Waals surface area (Å²) >= 11 is 0. The van der Waals surface area contributed by atoms with E-state index in [9.17, 15) is 0 Å². The topological polar surface area (TPSA) is 72.8 Å². The van der Waals surface area contributed by atoms with Crippen molar-refractivity contribution in [1.82, 2.24) is 14.1 Å². The Kier molecular flexibility index (Phi) is 13.5. The molecule has 0 unspecified atom stereocenters. The molecular formula is C76H54N4O5PtSi2-2. The summed E-state index contributed by atoms with van der Waals surface area (Å²) in [6.07, 6.45) is 5.78. The van der Waals surface area contributed by atoms with Gasteiger partial charge in [-0.3, -0.25) is 4.57 Å². The Bertz CT molecular complexity index is 4790. The first-order chi connectivity index (χ1) is 42.7. The fraction of sp³-hybridized carbons (Fsp3) is 0.0526. The molecular weight excluding hydrogens is 1300 g/mol. The number of rotatable bonds is 11. The van der Waals surface area contributed by atoms with E-state index in [1.54, 1.807) is 0 Å². The molecule has 0 spiro atoms. The molecule has 14 aromatic rings. The van der Waals surface area contributed by atoms with Gasteiger partial charge in [-0.15, -0.1) is 29.7 Å². The van der Waals surface area contributed by atoms with Crippen LogP contribution in [0.15, 0.2) is 273 Å². The average Bonchev–Trinajstić information content (AvgIpc) is 1.58. The second-order valence-electron chi connectivity index (χ2n) is 23.0. The van der Waals surface area contributed by atoms with Gasteiger partial charge in [0.1, 0.15) is 28.8 Å². The summed E-state index contributed by atoms with van der Waals surface area (Å²) in [6, 6.07) is 99.0. The van der Waals surface area contributed by atoms with Crippen molar-refractivity contribution in [2.75, 3.05) is 0 Å². The Morgan fingerprint density at radius 3 is 1.57 bits per heavy atom. The van der Waals surface area contributed by atoms with Gasteiger partial charge in [0.2, 0.25) is 0 Å². The summed E-state index contributed by atoms with van der Waals surface area (Å²) in [7, 11) is -6.70. The van der Waals surface area contributed by atoms with Gasteiger partial charge < -0.3 is 31.6 Å². The fourth-order valence-electron chi connectivity index (χ4n) is 12.4. The quantitative estimate of drug-likeness (QED) is 0.0730. The molecule has 0 amide bonds. The number of para-hydroxylation sites is 8. The van der Waals surface area contributed by atoms with Crippen LogP contribution in [-0.2, 0) is 26.5 Å². The van der Waals surface area contributed by atoms with E-state index < -0.39 is 17.1 Å². The molecule has 16 rings (SSSR count). The number of aromatic nitrogens is 4. The van der Waals surface area contributed by atoms with Crippen LogP contribution in [0.5, 0.6) is 34.5 Å². The summed E-state index contributed by atoms with van der Waals surface area (Å²) in [6.45, 7) is 6.66. The van der Waals surface area contributed by atoms with Gasteiger partial charge in [0.05, 0.1) is 16.7 Å². The molecule has 11 aromatic carbocycles. The first-order valence-electron chi connectivity index (χ1n) is 29.2. The van der Waals surface area contributed by atoms with E-state index in [1.165, 1.54) is 5.56 Å². The number of pyridine rings is 1. The van der Waals surface area contributed by atoms with Crippen LogP contribution in [0.2, 0.25) is 0 Å². The zero-order valence-corrected chi connectivity index (χ0v) is 52.4. The van der Waals surface area contributed by atoms with Crippen molar-refractivity contribution in [3.05, 3.63) is 297 Å². The molecule has 2 aliphatic rings. The van der Waals surface area contributed by atoms with Crippen molar-refractivity contribution in [2.45, 2.75) is 26.2 Å². The zero-order chi connectivity index (χ0) is 58.3. The van der Waals surface area contributed by atoms with Crippen LogP contribution >= 0.6 is 0 Å². The first kappa shape index (κ1) is 54.6. The summed E-state index contributed by atoms with van der Waals surface area (Å²) in [5.74, 6) is 4.84. The van der Waals surface area contributed by atoms with Gasteiger partial charge in [-0.25, -0.2) is 4.98 Å². The van der Waals surface area contributed by atoms with Gasteiger partial charge in [0.15, 0.2) is 0 Å². The molecule has 428 valence electrons. The van der Waals surface area contributed by atoms with Gasteiger partial charge in [-0.05, 0) is 98.9 Å². The third kappa shape index (κ3) is 9.24. The molecule has 0 radical (unpaired) electrons. The Balaban J connectivity index is 0.00000650. The van der Waals surface area contributed by atoms with E-state index in [1.807, 2.05) is 91.1 Å². The zero-order valence-electron chi connectivity index (χ0n) is 48.1. The average molecular weight is 1350 g/mol. The predicted octanol–water partition coefficient (Wildman–Crippen LogP) is 14.3. The van der Waals surface area contributed by atoms with Gasteiger partial charge in [-0.2, -0.15) is 18.2 Å². The molecule has 0 aliphatic carbocycles. The van der Waals surface area contributed by atoms with Crippen LogP contribution in [0.4, 0.5) is 0 Å². The minimum atomic E-state index is -3.35. The van der Waals surface area contributed by atoms with Crippen LogP contribution in [0.1, 0.15) is 26.3 Å². The minimum Gasteiger partial charge on any atom is -0.510 e. The molecule has 0 N–H and O–H groups in total. The van der Waals surface area contributed by atoms with Crippen molar-refractivity contribution in [2.24, 2.45) is 0 Å². The number of fused-ring (bicyclic) bond motifs is 6. The maximum Gasteiger partial charge on any atom is 0.531 e. The van der Waals surface area contributed by atoms with Crippen molar-refractivity contribution >= 4 is 70.7 Å². The van der Waals surface area contributed by atoms with Crippen molar-refractivity contribution in [3.8, 4) is 73.9 Å². The molecule has 0 fully saturated rings. The van der Waals surface area contributed by atoms with Gasteiger partial charge in [0.25, 0.3) is 6.33 Å². The molecule has 9 nitrogen and oxygen atoms in total. The molecule has 0 saturated heterocycles. The number of hydrogen-bond acceptors (Lipinski definition) is 6. The second kappa shape index (κ2) is 21.7. The Labute approximate surface area is 526 Å². The number of benzene rings is 11. The van der Waals surface area contributed by atoms with E-state index in [-0.39, 0.29) is 26.5 Å². The van der Waals surface area contributed by atoms with Gasteiger partial charge in [-0.1, -0.05) is 208 Å². The predicted molar refractivity (Wildman–Crippen MR) is 348 cm³/mol. The Hall–Kier alpha value is -10.0. The summed E-state index contributed by atoms with van der Waals surface area (Å²) in [5, 5.41) is 6.13. The molecule has 5 heterocycles. The molecule has 0 atom stereocenters. The van der Waals surface area contributed by atoms with E-state index in [2.05, 4.69) is 235 Å². The second-order valence-corrected chi connectivity index (χ2v) is 28.6. The van der Waals surface area contributed by atoms with E-state index in [0.29, 0.717) is 11.5 Å². The van der Waals surface area contributed by atoms with Crippen LogP contribution < -0.4 is 47.8 Å². The molecule has 2 aliphatic heterocycles. The van der Waals surface area contributed by atoms with Crippen LogP contribution in [-0.4, -0.2) is 31.2 Å². The summed E-state index contributed by atoms with van der Waals surface area (Å²) in [5.41, 5.74) is 10.4. The fourth-order valence-corrected chi connectivity index (χ4v) is 18.6. The van der Waals surface area contributed by atoms with Crippen LogP contribution in [0, 0.1) is 18.5 Å². The number of imidazole rings is 1. The van der Waals surface area contributed by atoms with Crippen LogP contribution in [0.3, 0.4) is 0 Å². The number of ether oxygens (including phenoxy) is 1. The monoisotopic (exact) mass is 1350 g/mol. The van der Waals surface area contributed by atoms with Crippen molar-refractivity contribution in [1.29, 1.82) is 0 Å². The standard InChI is InChI=1S/C76H54N4O5Si2.Pt/c1-76(2,3)54-44-45-77-74(48-54)80-66-35-11-10-32-64(66)65-43-42-57(50-69(65)80)81-56-25-20-24-55(49-56)78-51-79(68-37-13-12-36-67(68)78)75-62(52-22-18-30-60(46-52)86(58-26-6-4-7-27-58)82-70-38-14-15-39-71(70)83-86)33-21-34-63(75)53-23-19-31-61(47-53)87(59-28-8-5-9-29-59)84-72-40-16-17-41-73(72)85-87;/h4-48H,1-3H3;/q-2;. The molecule has 0 bridgehead atoms. The summed E-state index contributed by atoms with van der Waals surface area (Å²) < 4.78 is 41.6. The number of hydrogen-bond donors (Lipinski definition) is 0. The summed E-state index contributed by atoms with van der Waals surface area (Å²) in [4.78, 5) is 4.90. The molecule has 12 heteroatoms. The van der Waals surface area contributed by atoms with Crippen molar-refractivity contribution < 1.29 is 48.1 Å². The van der Waals surface area contributed by atoms with E-state index in [0.717, 1.165) is 116 Å². The Morgan fingerprint density at radius 1 is 0.455 bits per heavy atom. The minimum absolute atomic E-state index is 0. The van der Waals surface area contributed by atoms with Crippen molar-refractivity contribution in [3.63, 3.8) is 0 Å². The molecule has 3 aromatic heterocycles. The third-order valence-corrected chi connectivity index (χ3v) is 22.9. The largest absolute Gasteiger partial charge is 0.531 e.